The number of nitrogens with zero attached hydrogens (tertiary/aromatic N) is 5. The molecule has 8 heteroatoms. The van der Waals surface area contributed by atoms with Crippen molar-refractivity contribution < 1.29 is 14.2 Å². The molecular weight excluding hydrogens is 406 g/mol. The third-order valence-electron chi connectivity index (χ3n) is 6.45. The van der Waals surface area contributed by atoms with Gasteiger partial charge in [-0.25, -0.2) is 15.0 Å². The maximum absolute atomic E-state index is 6.53. The molecule has 0 unspecified atom stereocenters. The molecule has 2 aromatic heterocycles. The number of ether oxygens (including phenoxy) is 3. The van der Waals surface area contributed by atoms with Crippen LogP contribution in [-0.4, -0.2) is 59.5 Å². The number of morpholine rings is 1. The van der Waals surface area contributed by atoms with E-state index < -0.39 is 0 Å². The van der Waals surface area contributed by atoms with Gasteiger partial charge >= 0.3 is 0 Å². The monoisotopic (exact) mass is 435 g/mol. The molecule has 5 rings (SSSR count). The van der Waals surface area contributed by atoms with Crippen LogP contribution in [0, 0.1) is 5.92 Å². The fourth-order valence-electron chi connectivity index (χ4n) is 4.70. The van der Waals surface area contributed by atoms with Crippen LogP contribution in [0.25, 0.3) is 11.0 Å². The van der Waals surface area contributed by atoms with Gasteiger partial charge in [-0.2, -0.15) is 0 Å². The van der Waals surface area contributed by atoms with Crippen molar-refractivity contribution in [3.8, 4) is 11.5 Å². The van der Waals surface area contributed by atoms with Crippen molar-refractivity contribution in [1.29, 1.82) is 0 Å². The Labute approximate surface area is 188 Å². The van der Waals surface area contributed by atoms with E-state index in [1.807, 2.05) is 0 Å². The highest BCUT2D eigenvalue weighted by atomic mass is 16.5. The lowest BCUT2D eigenvalue weighted by Crippen LogP contribution is -2.36. The molecule has 0 N–H and O–H groups in total. The number of rotatable bonds is 6. The minimum atomic E-state index is 0.184. The van der Waals surface area contributed by atoms with Crippen LogP contribution in [0.4, 0.5) is 5.69 Å². The zero-order valence-electron chi connectivity index (χ0n) is 18.4. The largest absolute Gasteiger partial charge is 0.493 e. The van der Waals surface area contributed by atoms with Crippen molar-refractivity contribution in [3.05, 3.63) is 42.7 Å². The number of anilines is 1. The molecular formula is C24H29N5O3. The van der Waals surface area contributed by atoms with Gasteiger partial charge in [0.2, 0.25) is 0 Å². The van der Waals surface area contributed by atoms with E-state index in [0.29, 0.717) is 5.92 Å². The van der Waals surface area contributed by atoms with E-state index in [1.165, 1.54) is 0 Å². The molecule has 0 atom stereocenters. The van der Waals surface area contributed by atoms with E-state index in [9.17, 15) is 0 Å². The quantitative estimate of drug-likeness (QED) is 0.582. The molecule has 1 aliphatic carbocycles. The number of fused-ring (bicyclic) bond motifs is 1. The smallest absolute Gasteiger partial charge is 0.158 e. The van der Waals surface area contributed by atoms with Gasteiger partial charge < -0.3 is 19.1 Å². The number of hydrogen-bond donors (Lipinski definition) is 0. The van der Waals surface area contributed by atoms with Crippen LogP contribution in [0.3, 0.4) is 0 Å². The molecule has 0 bridgehead atoms. The second kappa shape index (κ2) is 9.65. The molecule has 2 fully saturated rings. The minimum absolute atomic E-state index is 0.184. The van der Waals surface area contributed by atoms with Gasteiger partial charge in [0, 0.05) is 37.2 Å². The molecule has 168 valence electrons. The third kappa shape index (κ3) is 4.60. The highest BCUT2D eigenvalue weighted by molar-refractivity contribution is 5.85. The fraction of sp³-hybridized carbons (Fsp3) is 0.500. The fourth-order valence-corrected chi connectivity index (χ4v) is 4.70. The molecule has 1 saturated carbocycles. The number of methoxy groups -OCH3 is 1. The van der Waals surface area contributed by atoms with Gasteiger partial charge in [0.25, 0.3) is 0 Å². The van der Waals surface area contributed by atoms with Gasteiger partial charge in [0.15, 0.2) is 5.75 Å². The normalized spacial score (nSPS) is 21.5. The van der Waals surface area contributed by atoms with Crippen LogP contribution >= 0.6 is 0 Å². The van der Waals surface area contributed by atoms with E-state index >= 15 is 0 Å². The first-order valence-electron chi connectivity index (χ1n) is 11.4. The first-order valence-corrected chi connectivity index (χ1v) is 11.4. The number of aromatic nitrogens is 4. The third-order valence-corrected chi connectivity index (χ3v) is 6.45. The SMILES string of the molecule is COc1cncnc1CC1CCC(Oc2cc(N3CCOCC3)cc3nccnc23)CC1. The summed E-state index contributed by atoms with van der Waals surface area (Å²) in [6.07, 6.45) is 12.1. The molecule has 0 radical (unpaired) electrons. The standard InChI is InChI=1S/C24H29N5O3/c1-30-23-15-25-16-28-20(23)12-17-2-4-19(5-3-17)32-22-14-18(29-8-10-31-11-9-29)13-21-24(22)27-7-6-26-21/h6-7,13-17,19H,2-5,8-12H2,1H3. The predicted molar refractivity (Wildman–Crippen MR) is 121 cm³/mol. The summed E-state index contributed by atoms with van der Waals surface area (Å²) in [5.41, 5.74) is 3.82. The van der Waals surface area contributed by atoms with Gasteiger partial charge in [-0.3, -0.25) is 4.98 Å². The molecule has 0 spiro atoms. The van der Waals surface area contributed by atoms with Crippen LogP contribution in [0.5, 0.6) is 11.5 Å². The van der Waals surface area contributed by atoms with E-state index in [-0.39, 0.29) is 6.10 Å². The first-order chi connectivity index (χ1) is 15.8. The highest BCUT2D eigenvalue weighted by Crippen LogP contribution is 2.35. The van der Waals surface area contributed by atoms with Crippen molar-refractivity contribution in [3.63, 3.8) is 0 Å². The van der Waals surface area contributed by atoms with Crippen LogP contribution in [0.1, 0.15) is 31.4 Å². The second-order valence-corrected chi connectivity index (χ2v) is 8.47. The van der Waals surface area contributed by atoms with E-state index in [0.717, 1.165) is 92.3 Å². The van der Waals surface area contributed by atoms with Crippen molar-refractivity contribution in [2.24, 2.45) is 5.92 Å². The lowest BCUT2D eigenvalue weighted by molar-refractivity contribution is 0.122. The Morgan fingerprint density at radius 3 is 2.62 bits per heavy atom. The van der Waals surface area contributed by atoms with Crippen molar-refractivity contribution in [2.75, 3.05) is 38.3 Å². The van der Waals surface area contributed by atoms with Crippen LogP contribution in [0.2, 0.25) is 0 Å². The summed E-state index contributed by atoms with van der Waals surface area (Å²) in [4.78, 5) is 19.9. The lowest BCUT2D eigenvalue weighted by atomic mass is 9.84. The van der Waals surface area contributed by atoms with E-state index in [2.05, 4.69) is 37.0 Å². The predicted octanol–water partition coefficient (Wildman–Crippen LogP) is 3.45. The van der Waals surface area contributed by atoms with Gasteiger partial charge in [0.05, 0.1) is 43.8 Å². The molecule has 8 nitrogen and oxygen atoms in total. The van der Waals surface area contributed by atoms with Gasteiger partial charge in [0.1, 0.15) is 17.6 Å². The molecule has 3 heterocycles. The molecule has 3 aromatic rings. The minimum Gasteiger partial charge on any atom is -0.493 e. The first kappa shape index (κ1) is 20.9. The second-order valence-electron chi connectivity index (χ2n) is 8.47. The van der Waals surface area contributed by atoms with Crippen molar-refractivity contribution >= 4 is 16.7 Å². The lowest BCUT2D eigenvalue weighted by Gasteiger charge is -2.31. The van der Waals surface area contributed by atoms with Gasteiger partial charge in [-0.05, 0) is 44.1 Å². The summed E-state index contributed by atoms with van der Waals surface area (Å²) in [5, 5.41) is 0. The summed E-state index contributed by atoms with van der Waals surface area (Å²) in [6.45, 7) is 3.25. The topological polar surface area (TPSA) is 82.5 Å². The molecule has 0 amide bonds. The zero-order chi connectivity index (χ0) is 21.8. The average Bonchev–Trinajstić information content (AvgIpc) is 2.86. The molecule has 32 heavy (non-hydrogen) atoms. The molecule has 1 saturated heterocycles. The average molecular weight is 436 g/mol. The van der Waals surface area contributed by atoms with E-state index in [1.54, 1.807) is 32.0 Å². The summed E-state index contributed by atoms with van der Waals surface area (Å²) in [7, 11) is 1.67. The van der Waals surface area contributed by atoms with Crippen LogP contribution in [0.15, 0.2) is 37.1 Å². The maximum Gasteiger partial charge on any atom is 0.158 e. The maximum atomic E-state index is 6.53. The Kier molecular flexibility index (Phi) is 6.29. The molecule has 2 aliphatic rings. The number of benzene rings is 1. The Morgan fingerprint density at radius 2 is 1.81 bits per heavy atom. The van der Waals surface area contributed by atoms with Gasteiger partial charge in [-0.15, -0.1) is 0 Å². The molecule has 1 aromatic carbocycles. The van der Waals surface area contributed by atoms with E-state index in [4.69, 9.17) is 14.2 Å². The summed E-state index contributed by atoms with van der Waals surface area (Å²) < 4.78 is 17.5. The summed E-state index contributed by atoms with van der Waals surface area (Å²) in [6, 6.07) is 4.23. The Hall–Kier alpha value is -3.00. The van der Waals surface area contributed by atoms with Crippen molar-refractivity contribution in [2.45, 2.75) is 38.2 Å². The Morgan fingerprint density at radius 1 is 1.00 bits per heavy atom. The summed E-state index contributed by atoms with van der Waals surface area (Å²) >= 11 is 0. The number of hydrogen-bond acceptors (Lipinski definition) is 8. The van der Waals surface area contributed by atoms with Crippen LogP contribution < -0.4 is 14.4 Å². The Bertz CT molecular complexity index is 1050. The van der Waals surface area contributed by atoms with Crippen LogP contribution in [-0.2, 0) is 11.2 Å². The Balaban J connectivity index is 1.28. The van der Waals surface area contributed by atoms with Crippen molar-refractivity contribution in [1.82, 2.24) is 19.9 Å². The zero-order valence-corrected chi connectivity index (χ0v) is 18.4. The highest BCUT2D eigenvalue weighted by Gasteiger charge is 2.25. The summed E-state index contributed by atoms with van der Waals surface area (Å²) in [5.74, 6) is 2.18. The molecule has 1 aliphatic heterocycles. The van der Waals surface area contributed by atoms with Gasteiger partial charge in [-0.1, -0.05) is 0 Å².